The first kappa shape index (κ1) is 14.5. The molecule has 1 N–H and O–H groups in total. The number of aryl methyl sites for hydroxylation is 1. The number of hydrogen-bond donors (Lipinski definition) is 1. The molecule has 0 saturated carbocycles. The van der Waals surface area contributed by atoms with Crippen molar-refractivity contribution in [3.05, 3.63) is 52.1 Å². The van der Waals surface area contributed by atoms with Gasteiger partial charge in [0.05, 0.1) is 17.4 Å². The molecule has 1 aromatic heterocycles. The zero-order valence-corrected chi connectivity index (χ0v) is 13.2. The molecular weight excluding hydrogens is 318 g/mol. The molecule has 0 radical (unpaired) electrons. The molecule has 2 aromatic rings. The van der Waals surface area contributed by atoms with Gasteiger partial charge >= 0.3 is 0 Å². The highest BCUT2D eigenvalue weighted by Crippen LogP contribution is 2.20. The third-order valence-electron chi connectivity index (χ3n) is 2.83. The molecule has 2 rings (SSSR count). The van der Waals surface area contributed by atoms with Crippen molar-refractivity contribution in [1.29, 1.82) is 0 Å². The topological polar surface area (TPSA) is 45.2 Å². The molecule has 20 heavy (non-hydrogen) atoms. The van der Waals surface area contributed by atoms with Gasteiger partial charge in [0.15, 0.2) is 0 Å². The first-order chi connectivity index (χ1) is 9.47. The van der Waals surface area contributed by atoms with Crippen molar-refractivity contribution in [2.24, 2.45) is 0 Å². The quantitative estimate of drug-likeness (QED) is 0.935. The third kappa shape index (κ3) is 3.36. The van der Waals surface area contributed by atoms with E-state index in [1.54, 1.807) is 12.3 Å². The lowest BCUT2D eigenvalue weighted by Gasteiger charge is -2.12. The fraction of sp³-hybridized carbons (Fsp3) is 0.200. The molecular formula is C15H16BrN3O. The fourth-order valence-corrected chi connectivity index (χ4v) is 2.40. The number of aromatic nitrogens is 1. The van der Waals surface area contributed by atoms with Crippen molar-refractivity contribution in [3.63, 3.8) is 0 Å². The van der Waals surface area contributed by atoms with Crippen molar-refractivity contribution in [3.8, 4) is 0 Å². The zero-order valence-electron chi connectivity index (χ0n) is 11.6. The van der Waals surface area contributed by atoms with Crippen LogP contribution in [-0.2, 0) is 0 Å². The van der Waals surface area contributed by atoms with E-state index in [0.717, 1.165) is 15.9 Å². The molecule has 1 heterocycles. The summed E-state index contributed by atoms with van der Waals surface area (Å²) in [6.45, 7) is 1.98. The number of pyridine rings is 1. The molecule has 0 atom stereocenters. The van der Waals surface area contributed by atoms with Crippen LogP contribution in [0.25, 0.3) is 0 Å². The highest BCUT2D eigenvalue weighted by molar-refractivity contribution is 9.10. The van der Waals surface area contributed by atoms with Crippen LogP contribution >= 0.6 is 15.9 Å². The number of rotatable bonds is 3. The molecule has 1 aromatic carbocycles. The molecule has 0 fully saturated rings. The lowest BCUT2D eigenvalue weighted by Crippen LogP contribution is -2.14. The van der Waals surface area contributed by atoms with Gasteiger partial charge in [-0.2, -0.15) is 0 Å². The molecule has 0 spiro atoms. The second kappa shape index (κ2) is 6.05. The Morgan fingerprint density at radius 3 is 2.55 bits per heavy atom. The Hall–Kier alpha value is -1.88. The van der Waals surface area contributed by atoms with Crippen molar-refractivity contribution in [1.82, 2.24) is 4.98 Å². The summed E-state index contributed by atoms with van der Waals surface area (Å²) in [5.41, 5.74) is 2.38. The van der Waals surface area contributed by atoms with Gasteiger partial charge in [-0.25, -0.2) is 4.98 Å². The number of nitrogens with one attached hydrogen (secondary N) is 1. The Labute approximate surface area is 127 Å². The van der Waals surface area contributed by atoms with E-state index in [0.29, 0.717) is 11.3 Å². The van der Waals surface area contributed by atoms with Crippen LogP contribution in [0.4, 0.5) is 11.5 Å². The first-order valence-electron chi connectivity index (χ1n) is 6.18. The van der Waals surface area contributed by atoms with E-state index in [1.165, 1.54) is 0 Å². The van der Waals surface area contributed by atoms with Gasteiger partial charge in [-0.1, -0.05) is 6.07 Å². The molecule has 0 unspecified atom stereocenters. The van der Waals surface area contributed by atoms with Crippen LogP contribution in [0.2, 0.25) is 0 Å². The number of benzene rings is 1. The second-order valence-corrected chi connectivity index (χ2v) is 5.59. The summed E-state index contributed by atoms with van der Waals surface area (Å²) in [5.74, 6) is 0.691. The smallest absolute Gasteiger partial charge is 0.256 e. The molecule has 0 aliphatic carbocycles. The maximum atomic E-state index is 12.2. The van der Waals surface area contributed by atoms with Gasteiger partial charge in [-0.05, 0) is 52.7 Å². The summed E-state index contributed by atoms with van der Waals surface area (Å²) in [6.07, 6.45) is 1.65. The lowest BCUT2D eigenvalue weighted by atomic mass is 10.1. The van der Waals surface area contributed by atoms with Crippen molar-refractivity contribution >= 4 is 33.3 Å². The van der Waals surface area contributed by atoms with Crippen LogP contribution in [-0.4, -0.2) is 25.0 Å². The third-order valence-corrected chi connectivity index (χ3v) is 3.49. The molecule has 4 nitrogen and oxygen atoms in total. The Bertz CT molecular complexity index is 624. The summed E-state index contributed by atoms with van der Waals surface area (Å²) < 4.78 is 0.785. The van der Waals surface area contributed by atoms with E-state index in [1.807, 2.05) is 50.2 Å². The van der Waals surface area contributed by atoms with Crippen LogP contribution in [0.15, 0.2) is 41.0 Å². The highest BCUT2D eigenvalue weighted by Gasteiger charge is 2.10. The molecule has 0 saturated heterocycles. The molecule has 0 aliphatic heterocycles. The normalized spacial score (nSPS) is 10.2. The van der Waals surface area contributed by atoms with Gasteiger partial charge in [-0.3, -0.25) is 4.79 Å². The minimum atomic E-state index is -0.156. The van der Waals surface area contributed by atoms with Gasteiger partial charge in [0.25, 0.3) is 5.91 Å². The fourth-order valence-electron chi connectivity index (χ4n) is 1.73. The van der Waals surface area contributed by atoms with Crippen molar-refractivity contribution in [2.75, 3.05) is 24.3 Å². The Balaban J connectivity index is 2.15. The zero-order chi connectivity index (χ0) is 14.7. The predicted molar refractivity (Wildman–Crippen MR) is 85.4 cm³/mol. The van der Waals surface area contributed by atoms with Crippen molar-refractivity contribution in [2.45, 2.75) is 6.92 Å². The minimum absolute atomic E-state index is 0.156. The van der Waals surface area contributed by atoms with E-state index in [9.17, 15) is 4.79 Å². The maximum absolute atomic E-state index is 12.2. The van der Waals surface area contributed by atoms with Gasteiger partial charge in [0, 0.05) is 18.6 Å². The standard InChI is InChI=1S/C15H16BrN3O/c1-10-4-6-12(13(16)8-10)15(20)18-11-5-7-14(17-9-11)19(2)3/h4-9H,1-3H3,(H,18,20). The number of nitrogens with zero attached hydrogens (tertiary/aromatic N) is 2. The number of halogens is 1. The number of amides is 1. The lowest BCUT2D eigenvalue weighted by molar-refractivity contribution is 0.102. The highest BCUT2D eigenvalue weighted by atomic mass is 79.9. The molecule has 0 bridgehead atoms. The van der Waals surface area contributed by atoms with Crippen LogP contribution in [0, 0.1) is 6.92 Å². The average Bonchev–Trinajstić information content (AvgIpc) is 2.39. The summed E-state index contributed by atoms with van der Waals surface area (Å²) in [4.78, 5) is 18.4. The molecule has 104 valence electrons. The van der Waals surface area contributed by atoms with Crippen LogP contribution in [0.5, 0.6) is 0 Å². The van der Waals surface area contributed by atoms with Crippen LogP contribution in [0.3, 0.4) is 0 Å². The summed E-state index contributed by atoms with van der Waals surface area (Å²) in [7, 11) is 3.84. The second-order valence-electron chi connectivity index (χ2n) is 4.74. The largest absolute Gasteiger partial charge is 0.363 e. The Morgan fingerprint density at radius 1 is 1.25 bits per heavy atom. The van der Waals surface area contributed by atoms with E-state index >= 15 is 0 Å². The van der Waals surface area contributed by atoms with Gasteiger partial charge < -0.3 is 10.2 Å². The van der Waals surface area contributed by atoms with Crippen LogP contribution in [0.1, 0.15) is 15.9 Å². The number of hydrogen-bond acceptors (Lipinski definition) is 3. The van der Waals surface area contributed by atoms with Gasteiger partial charge in [0.2, 0.25) is 0 Å². The first-order valence-corrected chi connectivity index (χ1v) is 6.97. The molecule has 1 amide bonds. The summed E-state index contributed by atoms with van der Waals surface area (Å²) in [6, 6.07) is 9.33. The summed E-state index contributed by atoms with van der Waals surface area (Å²) in [5, 5.41) is 2.83. The Morgan fingerprint density at radius 2 is 2.00 bits per heavy atom. The monoisotopic (exact) mass is 333 g/mol. The summed E-state index contributed by atoms with van der Waals surface area (Å²) >= 11 is 3.41. The van der Waals surface area contributed by atoms with Gasteiger partial charge in [-0.15, -0.1) is 0 Å². The van der Waals surface area contributed by atoms with E-state index in [2.05, 4.69) is 26.2 Å². The molecule has 0 aliphatic rings. The maximum Gasteiger partial charge on any atom is 0.256 e. The van der Waals surface area contributed by atoms with Crippen molar-refractivity contribution < 1.29 is 4.79 Å². The SMILES string of the molecule is Cc1ccc(C(=O)Nc2ccc(N(C)C)nc2)c(Br)c1. The van der Waals surface area contributed by atoms with E-state index < -0.39 is 0 Å². The van der Waals surface area contributed by atoms with E-state index in [-0.39, 0.29) is 5.91 Å². The number of anilines is 2. The van der Waals surface area contributed by atoms with Crippen LogP contribution < -0.4 is 10.2 Å². The average molecular weight is 334 g/mol. The predicted octanol–water partition coefficient (Wildman–Crippen LogP) is 3.47. The van der Waals surface area contributed by atoms with E-state index in [4.69, 9.17) is 0 Å². The van der Waals surface area contributed by atoms with Gasteiger partial charge in [0.1, 0.15) is 5.82 Å². The molecule has 5 heteroatoms. The Kier molecular flexibility index (Phi) is 4.39. The number of carbonyl (C=O) groups is 1. The number of carbonyl (C=O) groups excluding carboxylic acids is 1. The minimum Gasteiger partial charge on any atom is -0.363 e.